The zero-order valence-corrected chi connectivity index (χ0v) is 44.7. The summed E-state index contributed by atoms with van der Waals surface area (Å²) >= 11 is 0. The summed E-state index contributed by atoms with van der Waals surface area (Å²) in [5, 5.41) is 4.13. The van der Waals surface area contributed by atoms with E-state index in [9.17, 15) is 13.2 Å². The molecule has 0 fully saturated rings. The first-order valence-corrected chi connectivity index (χ1v) is 26.1. The van der Waals surface area contributed by atoms with Crippen LogP contribution in [0.2, 0.25) is 0 Å². The van der Waals surface area contributed by atoms with Crippen LogP contribution in [0.5, 0.6) is 0 Å². The summed E-state index contributed by atoms with van der Waals surface area (Å²) in [6, 6.07) is 60.8. The van der Waals surface area contributed by atoms with Crippen molar-refractivity contribution in [3.63, 3.8) is 0 Å². The monoisotopic (exact) mass is 1010 g/mol. The Hall–Kier alpha value is -8.92. The molecule has 77 heavy (non-hydrogen) atoms. The van der Waals surface area contributed by atoms with Crippen LogP contribution in [0.4, 0.5) is 18.9 Å². The molecule has 0 saturated heterocycles. The molecule has 10 aromatic carbocycles. The molecule has 0 saturated carbocycles. The largest absolute Gasteiger partial charge is 0.416 e. The molecule has 2 aromatic heterocycles. The van der Waals surface area contributed by atoms with Gasteiger partial charge in [-0.05, 0) is 219 Å². The lowest BCUT2D eigenvalue weighted by atomic mass is 9.95. The normalized spacial score (nSPS) is 11.9. The van der Waals surface area contributed by atoms with Gasteiger partial charge >= 0.3 is 6.18 Å². The van der Waals surface area contributed by atoms with Gasteiger partial charge < -0.3 is 9.13 Å². The molecular formula is C71H56F3N3. The average molecular weight is 1010 g/mol. The number of halogens is 3. The summed E-state index contributed by atoms with van der Waals surface area (Å²) in [5.74, 6) is 0. The Labute approximate surface area is 448 Å². The van der Waals surface area contributed by atoms with Crippen LogP contribution in [-0.4, -0.2) is 9.13 Å². The van der Waals surface area contributed by atoms with Crippen LogP contribution in [-0.2, 0) is 6.18 Å². The van der Waals surface area contributed by atoms with Gasteiger partial charge in [-0.15, -0.1) is 0 Å². The highest BCUT2D eigenvalue weighted by Crippen LogP contribution is 2.47. The number of alkyl halides is 3. The Kier molecular flexibility index (Phi) is 11.7. The van der Waals surface area contributed by atoms with Gasteiger partial charge in [0.1, 0.15) is 0 Å². The second-order valence-electron chi connectivity index (χ2n) is 21.4. The molecule has 6 heteroatoms. The van der Waals surface area contributed by atoms with Crippen molar-refractivity contribution in [1.82, 2.24) is 9.13 Å². The number of benzene rings is 10. The molecule has 0 atom stereocenters. The van der Waals surface area contributed by atoms with E-state index in [0.717, 1.165) is 99.5 Å². The fourth-order valence-electron chi connectivity index (χ4n) is 12.1. The van der Waals surface area contributed by atoms with Crippen molar-refractivity contribution in [3.05, 3.63) is 243 Å². The summed E-state index contributed by atoms with van der Waals surface area (Å²) in [6.45, 7) is 27.5. The van der Waals surface area contributed by atoms with Crippen LogP contribution in [0.15, 0.2) is 176 Å². The summed E-state index contributed by atoms with van der Waals surface area (Å²) in [6.07, 6.45) is -4.59. The topological polar surface area (TPSA) is 14.2 Å². The third-order valence-electron chi connectivity index (χ3n) is 15.7. The van der Waals surface area contributed by atoms with Crippen LogP contribution in [0.1, 0.15) is 55.6 Å². The average Bonchev–Trinajstić information content (AvgIpc) is 4.03. The summed E-state index contributed by atoms with van der Waals surface area (Å²) in [4.78, 5) is 4.15. The molecule has 0 aliphatic carbocycles. The molecule has 0 spiro atoms. The lowest BCUT2D eigenvalue weighted by Crippen LogP contribution is -2.06. The number of fused-ring (bicyclic) bond motifs is 6. The Balaban J connectivity index is 1.22. The van der Waals surface area contributed by atoms with Crippen molar-refractivity contribution in [3.8, 4) is 67.0 Å². The van der Waals surface area contributed by atoms with E-state index in [-0.39, 0.29) is 5.69 Å². The molecule has 0 unspecified atom stereocenters. The minimum atomic E-state index is -4.59. The standard InChI is InChI=1S/C71H56F3N3/c1-40-11-19-55(45(6)27-40)49-15-23-65-60(34-49)61-35-50(56-20-12-41(2)28-46(56)7)16-24-66(61)76(65)69-38-59(53-31-44(5)32-54(33-53)71(72,73)74)64(75-10)39-70(69)77-67-25-17-51(57-21-13-42(3)29-47(57)8)36-62(67)63-37-52(18-26-68(63)77)58-22-14-43(4)30-48(58)9/h11-39H,1-9H3. The van der Waals surface area contributed by atoms with Gasteiger partial charge in [0.25, 0.3) is 0 Å². The van der Waals surface area contributed by atoms with Crippen LogP contribution in [0.25, 0.3) is 115 Å². The second kappa shape index (κ2) is 18.4. The van der Waals surface area contributed by atoms with E-state index in [1.165, 1.54) is 56.6 Å². The maximum atomic E-state index is 14.7. The first kappa shape index (κ1) is 49.0. The Morgan fingerprint density at radius 3 is 0.974 bits per heavy atom. The Morgan fingerprint density at radius 1 is 0.325 bits per heavy atom. The van der Waals surface area contributed by atoms with E-state index in [1.54, 1.807) is 13.0 Å². The molecule has 0 N–H and O–H groups in total. The first-order valence-electron chi connectivity index (χ1n) is 26.1. The van der Waals surface area contributed by atoms with Gasteiger partial charge in [0.05, 0.1) is 45.6 Å². The molecule has 3 nitrogen and oxygen atoms in total. The smallest absolute Gasteiger partial charge is 0.308 e. The maximum Gasteiger partial charge on any atom is 0.416 e. The van der Waals surface area contributed by atoms with Gasteiger partial charge in [0.2, 0.25) is 0 Å². The number of hydrogen-bond acceptors (Lipinski definition) is 0. The van der Waals surface area contributed by atoms with Crippen molar-refractivity contribution in [2.24, 2.45) is 0 Å². The molecular weight excluding hydrogens is 952 g/mol. The fourth-order valence-corrected chi connectivity index (χ4v) is 12.1. The highest BCUT2D eigenvalue weighted by atomic mass is 19.4. The van der Waals surface area contributed by atoms with Crippen molar-refractivity contribution >= 4 is 49.3 Å². The number of rotatable bonds is 7. The molecule has 0 bridgehead atoms. The number of aromatic nitrogens is 2. The quantitative estimate of drug-likeness (QED) is 0.141. The number of nitrogens with zero attached hydrogens (tertiary/aromatic N) is 3. The summed E-state index contributed by atoms with van der Waals surface area (Å²) in [5.41, 5.74) is 24.2. The zero-order valence-electron chi connectivity index (χ0n) is 44.7. The molecule has 0 aliphatic heterocycles. The van der Waals surface area contributed by atoms with Crippen LogP contribution in [0.3, 0.4) is 0 Å². The van der Waals surface area contributed by atoms with Gasteiger partial charge in [-0.25, -0.2) is 4.85 Å². The van der Waals surface area contributed by atoms with Crippen molar-refractivity contribution in [2.75, 3.05) is 0 Å². The summed E-state index contributed by atoms with van der Waals surface area (Å²) < 4.78 is 48.7. The van der Waals surface area contributed by atoms with E-state index < -0.39 is 11.7 Å². The SMILES string of the molecule is [C-]#[N+]c1cc(-n2c3ccc(-c4ccc(C)cc4C)cc3c3cc(-c4ccc(C)cc4C)ccc32)c(-n2c3ccc(-c4ccc(C)cc4C)cc3c3cc(-c4ccc(C)cc4C)ccc32)cc1-c1cc(C)cc(C(F)(F)F)c1. The number of hydrogen-bond donors (Lipinski definition) is 0. The molecule has 0 radical (unpaired) electrons. The Bertz CT molecular complexity index is 4280. The van der Waals surface area contributed by atoms with Crippen LogP contribution < -0.4 is 0 Å². The second-order valence-corrected chi connectivity index (χ2v) is 21.4. The Morgan fingerprint density at radius 2 is 0.662 bits per heavy atom. The molecule has 0 aliphatic rings. The highest BCUT2D eigenvalue weighted by molar-refractivity contribution is 6.14. The molecule has 2 heterocycles. The third kappa shape index (κ3) is 8.48. The van der Waals surface area contributed by atoms with Crippen molar-refractivity contribution in [2.45, 2.75) is 68.5 Å². The van der Waals surface area contributed by atoms with E-state index >= 15 is 0 Å². The predicted molar refractivity (Wildman–Crippen MR) is 316 cm³/mol. The minimum absolute atomic E-state index is 0.242. The minimum Gasteiger partial charge on any atom is -0.308 e. The van der Waals surface area contributed by atoms with E-state index in [2.05, 4.69) is 215 Å². The maximum absolute atomic E-state index is 14.7. The van der Waals surface area contributed by atoms with Crippen molar-refractivity contribution < 1.29 is 13.2 Å². The molecule has 12 rings (SSSR count). The van der Waals surface area contributed by atoms with Gasteiger partial charge in [-0.3, -0.25) is 0 Å². The van der Waals surface area contributed by atoms with Crippen molar-refractivity contribution in [1.29, 1.82) is 0 Å². The van der Waals surface area contributed by atoms with Gasteiger partial charge in [0.15, 0.2) is 5.69 Å². The van der Waals surface area contributed by atoms with Gasteiger partial charge in [0, 0.05) is 21.5 Å². The van der Waals surface area contributed by atoms with E-state index in [4.69, 9.17) is 6.57 Å². The van der Waals surface area contributed by atoms with Crippen LogP contribution >= 0.6 is 0 Å². The predicted octanol–water partition coefficient (Wildman–Crippen LogP) is 20.6. The molecule has 12 aromatic rings. The number of aryl methyl sites for hydroxylation is 9. The van der Waals surface area contributed by atoms with Gasteiger partial charge in [-0.1, -0.05) is 125 Å². The third-order valence-corrected chi connectivity index (χ3v) is 15.7. The molecule has 376 valence electrons. The highest BCUT2D eigenvalue weighted by Gasteiger charge is 2.32. The van der Waals surface area contributed by atoms with E-state index in [1.807, 2.05) is 12.1 Å². The van der Waals surface area contributed by atoms with E-state index in [0.29, 0.717) is 16.7 Å². The lowest BCUT2D eigenvalue weighted by molar-refractivity contribution is -0.137. The zero-order chi connectivity index (χ0) is 53.8. The first-order chi connectivity index (χ1) is 36.9. The fraction of sp³-hybridized carbons (Fsp3) is 0.141. The summed E-state index contributed by atoms with van der Waals surface area (Å²) in [7, 11) is 0. The van der Waals surface area contributed by atoms with Crippen LogP contribution in [0, 0.1) is 68.9 Å². The molecule has 0 amide bonds. The lowest BCUT2D eigenvalue weighted by Gasteiger charge is -2.20. The van der Waals surface area contributed by atoms with Gasteiger partial charge in [-0.2, -0.15) is 13.2 Å².